The molecular formula is C22H31N3OS2. The number of nitrogens with one attached hydrogen (secondary N) is 1. The van der Waals surface area contributed by atoms with Crippen LogP contribution in [0.5, 0.6) is 0 Å². The lowest BCUT2D eigenvalue weighted by atomic mass is 10.1. The zero-order valence-corrected chi connectivity index (χ0v) is 18.4. The molecule has 6 heteroatoms. The fourth-order valence-electron chi connectivity index (χ4n) is 3.46. The highest BCUT2D eigenvalue weighted by atomic mass is 32.2. The molecule has 1 aliphatic rings. The van der Waals surface area contributed by atoms with E-state index < -0.39 is 0 Å². The third-order valence-electron chi connectivity index (χ3n) is 5.06. The highest BCUT2D eigenvalue weighted by Crippen LogP contribution is 2.23. The Morgan fingerprint density at radius 3 is 2.64 bits per heavy atom. The maximum Gasteiger partial charge on any atom is 0.251 e. The second-order valence-corrected chi connectivity index (χ2v) is 9.50. The Balaban J connectivity index is 1.29. The van der Waals surface area contributed by atoms with E-state index in [0.29, 0.717) is 0 Å². The number of carbonyl (C=O) groups is 1. The molecule has 1 saturated heterocycles. The molecular weight excluding hydrogens is 386 g/mol. The Bertz CT molecular complexity index is 724. The summed E-state index contributed by atoms with van der Waals surface area (Å²) in [7, 11) is 0. The summed E-state index contributed by atoms with van der Waals surface area (Å²) in [5, 5.41) is 6.26. The number of aryl methyl sites for hydroxylation is 1. The van der Waals surface area contributed by atoms with Crippen molar-refractivity contribution in [2.24, 2.45) is 0 Å². The smallest absolute Gasteiger partial charge is 0.251 e. The second-order valence-electron chi connectivity index (χ2n) is 7.39. The normalized spacial score (nSPS) is 14.9. The summed E-state index contributed by atoms with van der Waals surface area (Å²) < 4.78 is 0. The lowest BCUT2D eigenvalue weighted by molar-refractivity contribution is 0.0952. The summed E-state index contributed by atoms with van der Waals surface area (Å²) in [5.41, 5.74) is 1.86. The molecule has 1 aromatic carbocycles. The minimum Gasteiger partial charge on any atom is -0.352 e. The summed E-state index contributed by atoms with van der Waals surface area (Å²) in [6.45, 7) is 6.55. The van der Waals surface area contributed by atoms with Gasteiger partial charge in [-0.05, 0) is 76.5 Å². The number of nitrogens with zero attached hydrogens (tertiary/aromatic N) is 2. The number of unbranched alkanes of at least 4 members (excludes halogenated alkanes) is 2. The first-order valence-electron chi connectivity index (χ1n) is 10.3. The van der Waals surface area contributed by atoms with Gasteiger partial charge >= 0.3 is 0 Å². The standard InChI is InChI=1S/C22H31N3OS2/c1-18-24-20(16-27-18)17-28-21-10-8-19(9-11-21)22(26)23-12-4-2-5-13-25-14-6-3-7-15-25/h8-11,16H,2-7,12-15,17H2,1H3,(H,23,26). The number of amides is 1. The third kappa shape index (κ3) is 7.22. The van der Waals surface area contributed by atoms with Crippen molar-refractivity contribution in [3.63, 3.8) is 0 Å². The molecule has 2 aromatic rings. The van der Waals surface area contributed by atoms with Gasteiger partial charge in [0.05, 0.1) is 10.7 Å². The molecule has 0 radical (unpaired) electrons. The van der Waals surface area contributed by atoms with Crippen LogP contribution in [0.3, 0.4) is 0 Å². The Hall–Kier alpha value is -1.37. The number of hydrogen-bond acceptors (Lipinski definition) is 5. The van der Waals surface area contributed by atoms with Crippen molar-refractivity contribution < 1.29 is 4.79 Å². The van der Waals surface area contributed by atoms with Crippen LogP contribution in [0.15, 0.2) is 34.5 Å². The van der Waals surface area contributed by atoms with Crippen molar-refractivity contribution in [1.29, 1.82) is 0 Å². The van der Waals surface area contributed by atoms with Crippen LogP contribution in [0.2, 0.25) is 0 Å². The van der Waals surface area contributed by atoms with E-state index in [9.17, 15) is 4.79 Å². The number of rotatable bonds is 10. The fourth-order valence-corrected chi connectivity index (χ4v) is 4.97. The van der Waals surface area contributed by atoms with Crippen LogP contribution in [0, 0.1) is 6.92 Å². The average molecular weight is 418 g/mol. The van der Waals surface area contributed by atoms with Crippen molar-refractivity contribution in [3.8, 4) is 0 Å². The van der Waals surface area contributed by atoms with E-state index in [0.717, 1.165) is 35.0 Å². The maximum atomic E-state index is 12.3. The average Bonchev–Trinajstić information content (AvgIpc) is 3.15. The zero-order chi connectivity index (χ0) is 19.6. The number of hydrogen-bond donors (Lipinski definition) is 1. The van der Waals surface area contributed by atoms with Crippen LogP contribution in [-0.4, -0.2) is 42.0 Å². The van der Waals surface area contributed by atoms with Crippen molar-refractivity contribution in [2.45, 2.75) is 56.1 Å². The van der Waals surface area contributed by atoms with E-state index in [1.165, 1.54) is 56.6 Å². The van der Waals surface area contributed by atoms with Gasteiger partial charge in [0.2, 0.25) is 0 Å². The molecule has 1 fully saturated rings. The monoisotopic (exact) mass is 417 g/mol. The molecule has 1 aliphatic heterocycles. The lowest BCUT2D eigenvalue weighted by Gasteiger charge is -2.26. The minimum atomic E-state index is 0.0303. The Kier molecular flexibility index (Phi) is 8.83. The molecule has 152 valence electrons. The SMILES string of the molecule is Cc1nc(CSc2ccc(C(=O)NCCCCCN3CCCCC3)cc2)cs1. The molecule has 0 unspecified atom stereocenters. The Morgan fingerprint density at radius 1 is 1.14 bits per heavy atom. The molecule has 1 aromatic heterocycles. The maximum absolute atomic E-state index is 12.3. The highest BCUT2D eigenvalue weighted by molar-refractivity contribution is 7.98. The number of likely N-dealkylation sites (tertiary alicyclic amines) is 1. The summed E-state index contributed by atoms with van der Waals surface area (Å²) in [5.74, 6) is 0.899. The lowest BCUT2D eigenvalue weighted by Crippen LogP contribution is -2.30. The molecule has 0 saturated carbocycles. The van der Waals surface area contributed by atoms with Crippen LogP contribution in [0.4, 0.5) is 0 Å². The highest BCUT2D eigenvalue weighted by Gasteiger charge is 2.09. The molecule has 2 heterocycles. The fraction of sp³-hybridized carbons (Fsp3) is 0.545. The first-order valence-corrected chi connectivity index (χ1v) is 12.2. The molecule has 1 amide bonds. The van der Waals surface area contributed by atoms with Crippen LogP contribution < -0.4 is 5.32 Å². The van der Waals surface area contributed by atoms with E-state index in [1.807, 2.05) is 31.2 Å². The number of thioether (sulfide) groups is 1. The summed E-state index contributed by atoms with van der Waals surface area (Å²) >= 11 is 3.44. The van der Waals surface area contributed by atoms with E-state index in [2.05, 4.69) is 20.6 Å². The van der Waals surface area contributed by atoms with Crippen LogP contribution >= 0.6 is 23.1 Å². The molecule has 0 spiro atoms. The van der Waals surface area contributed by atoms with Gasteiger partial charge in [-0.15, -0.1) is 23.1 Å². The molecule has 28 heavy (non-hydrogen) atoms. The van der Waals surface area contributed by atoms with E-state index >= 15 is 0 Å². The minimum absolute atomic E-state index is 0.0303. The van der Waals surface area contributed by atoms with Crippen molar-refractivity contribution >= 4 is 29.0 Å². The number of carbonyl (C=O) groups excluding carboxylic acids is 1. The third-order valence-corrected chi connectivity index (χ3v) is 6.92. The summed E-state index contributed by atoms with van der Waals surface area (Å²) in [6, 6.07) is 7.88. The van der Waals surface area contributed by atoms with Gasteiger partial charge in [0, 0.05) is 28.1 Å². The molecule has 0 atom stereocenters. The van der Waals surface area contributed by atoms with Crippen molar-refractivity contribution in [1.82, 2.24) is 15.2 Å². The quantitative estimate of drug-likeness (QED) is 0.430. The molecule has 0 bridgehead atoms. The largest absolute Gasteiger partial charge is 0.352 e. The van der Waals surface area contributed by atoms with Gasteiger partial charge in [0.15, 0.2) is 0 Å². The molecule has 4 nitrogen and oxygen atoms in total. The van der Waals surface area contributed by atoms with Crippen molar-refractivity contribution in [2.75, 3.05) is 26.2 Å². The second kappa shape index (κ2) is 11.6. The number of aromatic nitrogens is 1. The van der Waals surface area contributed by atoms with E-state index in [1.54, 1.807) is 23.1 Å². The molecule has 0 aliphatic carbocycles. The van der Waals surface area contributed by atoms with Crippen molar-refractivity contribution in [3.05, 3.63) is 45.9 Å². The van der Waals surface area contributed by atoms with Gasteiger partial charge in [-0.25, -0.2) is 4.98 Å². The number of piperidine rings is 1. The van der Waals surface area contributed by atoms with Crippen LogP contribution in [0.1, 0.15) is 59.6 Å². The van der Waals surface area contributed by atoms with Crippen LogP contribution in [-0.2, 0) is 5.75 Å². The predicted molar refractivity (Wildman–Crippen MR) is 119 cm³/mol. The molecule has 1 N–H and O–H groups in total. The first-order chi connectivity index (χ1) is 13.7. The van der Waals surface area contributed by atoms with Gasteiger partial charge in [-0.2, -0.15) is 0 Å². The predicted octanol–water partition coefficient (Wildman–Crippen LogP) is 5.13. The Morgan fingerprint density at radius 2 is 1.93 bits per heavy atom. The Labute approximate surface area is 177 Å². The topological polar surface area (TPSA) is 45.2 Å². The first kappa shape index (κ1) is 21.3. The van der Waals surface area contributed by atoms with Crippen LogP contribution in [0.25, 0.3) is 0 Å². The summed E-state index contributed by atoms with van der Waals surface area (Å²) in [6.07, 6.45) is 7.59. The number of benzene rings is 1. The van der Waals surface area contributed by atoms with Gasteiger partial charge < -0.3 is 10.2 Å². The van der Waals surface area contributed by atoms with Gasteiger partial charge in [0.25, 0.3) is 5.91 Å². The van der Waals surface area contributed by atoms with E-state index in [4.69, 9.17) is 0 Å². The van der Waals surface area contributed by atoms with E-state index in [-0.39, 0.29) is 5.91 Å². The zero-order valence-electron chi connectivity index (χ0n) is 16.8. The molecule has 3 rings (SSSR count). The van der Waals surface area contributed by atoms with Gasteiger partial charge in [0.1, 0.15) is 0 Å². The van der Waals surface area contributed by atoms with Gasteiger partial charge in [-0.3, -0.25) is 4.79 Å². The summed E-state index contributed by atoms with van der Waals surface area (Å²) in [4.78, 5) is 20.5. The number of thiazole rings is 1. The van der Waals surface area contributed by atoms with Gasteiger partial charge in [-0.1, -0.05) is 12.8 Å².